The van der Waals surface area contributed by atoms with Gasteiger partial charge in [-0.3, -0.25) is 4.79 Å². The van der Waals surface area contributed by atoms with Crippen LogP contribution in [0.3, 0.4) is 0 Å². The predicted octanol–water partition coefficient (Wildman–Crippen LogP) is 2.03. The SMILES string of the molecule is C=CC(=O)NC1C=C(Oc2nc(Cl)ncc2OC)C=CC1. The van der Waals surface area contributed by atoms with Crippen molar-refractivity contribution in [1.29, 1.82) is 0 Å². The molecule has 1 N–H and O–H groups in total. The number of hydrogen-bond acceptors (Lipinski definition) is 5. The van der Waals surface area contributed by atoms with E-state index in [1.54, 1.807) is 12.2 Å². The molecule has 0 aromatic carbocycles. The second-order valence-electron chi connectivity index (χ2n) is 4.14. The number of methoxy groups -OCH3 is 1. The Morgan fingerprint density at radius 2 is 2.43 bits per heavy atom. The van der Waals surface area contributed by atoms with Crippen LogP contribution >= 0.6 is 11.6 Å². The topological polar surface area (TPSA) is 73.3 Å². The molecule has 0 saturated heterocycles. The predicted molar refractivity (Wildman–Crippen MR) is 78.2 cm³/mol. The third-order valence-corrected chi connectivity index (χ3v) is 2.86. The molecule has 0 radical (unpaired) electrons. The summed E-state index contributed by atoms with van der Waals surface area (Å²) >= 11 is 5.74. The Balaban J connectivity index is 2.14. The summed E-state index contributed by atoms with van der Waals surface area (Å²) in [6, 6.07) is -0.168. The van der Waals surface area contributed by atoms with Gasteiger partial charge in [-0.2, -0.15) is 4.98 Å². The van der Waals surface area contributed by atoms with Crippen molar-refractivity contribution >= 4 is 17.5 Å². The van der Waals surface area contributed by atoms with Crippen LogP contribution in [-0.4, -0.2) is 29.0 Å². The molecule has 1 aromatic rings. The molecule has 0 fully saturated rings. The number of halogens is 1. The van der Waals surface area contributed by atoms with Crippen LogP contribution < -0.4 is 14.8 Å². The third kappa shape index (κ3) is 4.06. The Labute approximate surface area is 127 Å². The molecule has 21 heavy (non-hydrogen) atoms. The normalized spacial score (nSPS) is 16.9. The van der Waals surface area contributed by atoms with E-state index in [0.717, 1.165) is 0 Å². The zero-order chi connectivity index (χ0) is 15.2. The molecule has 1 aromatic heterocycles. The fraction of sp³-hybridized carbons (Fsp3) is 0.214. The molecular weight excluding hydrogens is 294 g/mol. The van der Waals surface area contributed by atoms with Crippen molar-refractivity contribution in [3.8, 4) is 11.6 Å². The zero-order valence-corrected chi connectivity index (χ0v) is 12.1. The summed E-state index contributed by atoms with van der Waals surface area (Å²) in [5, 5.41) is 2.83. The second-order valence-corrected chi connectivity index (χ2v) is 4.48. The van der Waals surface area contributed by atoms with E-state index in [0.29, 0.717) is 17.9 Å². The number of amides is 1. The zero-order valence-electron chi connectivity index (χ0n) is 11.4. The average molecular weight is 308 g/mol. The maximum atomic E-state index is 11.3. The van der Waals surface area contributed by atoms with Gasteiger partial charge in [-0.05, 0) is 36.2 Å². The van der Waals surface area contributed by atoms with Gasteiger partial charge in [0.15, 0.2) is 5.75 Å². The summed E-state index contributed by atoms with van der Waals surface area (Å²) in [6.45, 7) is 3.42. The number of carbonyl (C=O) groups excluding carboxylic acids is 1. The minimum atomic E-state index is -0.242. The Morgan fingerprint density at radius 1 is 1.62 bits per heavy atom. The fourth-order valence-corrected chi connectivity index (χ4v) is 1.85. The molecule has 1 amide bonds. The van der Waals surface area contributed by atoms with Gasteiger partial charge in [-0.1, -0.05) is 12.7 Å². The molecule has 0 saturated carbocycles. The standard InChI is InChI=1S/C14H14ClN3O3/c1-3-12(19)17-9-5-4-6-10(7-9)21-13-11(20-2)8-16-14(15)18-13/h3-4,6-9H,1,5H2,2H3,(H,17,19). The Kier molecular flexibility index (Phi) is 4.94. The summed E-state index contributed by atoms with van der Waals surface area (Å²) in [6.07, 6.45) is 8.77. The average Bonchev–Trinajstić information content (AvgIpc) is 2.48. The number of carbonyl (C=O) groups is 1. The van der Waals surface area contributed by atoms with Gasteiger partial charge < -0.3 is 14.8 Å². The van der Waals surface area contributed by atoms with Crippen LogP contribution in [0.2, 0.25) is 5.28 Å². The molecule has 1 aliphatic rings. The molecular formula is C14H14ClN3O3. The number of nitrogens with one attached hydrogen (secondary N) is 1. The highest BCUT2D eigenvalue weighted by Gasteiger charge is 2.15. The lowest BCUT2D eigenvalue weighted by Gasteiger charge is -2.18. The highest BCUT2D eigenvalue weighted by Crippen LogP contribution is 2.27. The summed E-state index contributed by atoms with van der Waals surface area (Å²) < 4.78 is 10.7. The van der Waals surface area contributed by atoms with Gasteiger partial charge in [0.2, 0.25) is 11.2 Å². The van der Waals surface area contributed by atoms with Crippen LogP contribution in [0.15, 0.2) is 42.8 Å². The maximum absolute atomic E-state index is 11.3. The number of allylic oxidation sites excluding steroid dienone is 1. The van der Waals surface area contributed by atoms with E-state index in [1.165, 1.54) is 19.4 Å². The molecule has 1 aliphatic carbocycles. The van der Waals surface area contributed by atoms with E-state index in [9.17, 15) is 4.79 Å². The quantitative estimate of drug-likeness (QED) is 0.665. The van der Waals surface area contributed by atoms with Crippen molar-refractivity contribution in [2.75, 3.05) is 7.11 Å². The summed E-state index contributed by atoms with van der Waals surface area (Å²) in [5.74, 6) is 0.868. The molecule has 110 valence electrons. The highest BCUT2D eigenvalue weighted by atomic mass is 35.5. The molecule has 0 bridgehead atoms. The van der Waals surface area contributed by atoms with Crippen molar-refractivity contribution in [2.45, 2.75) is 12.5 Å². The van der Waals surface area contributed by atoms with Gasteiger partial charge in [-0.15, -0.1) is 0 Å². The second kappa shape index (κ2) is 6.90. The van der Waals surface area contributed by atoms with Crippen LogP contribution in [0.1, 0.15) is 6.42 Å². The van der Waals surface area contributed by atoms with Gasteiger partial charge in [-0.25, -0.2) is 4.98 Å². The van der Waals surface area contributed by atoms with Crippen molar-refractivity contribution < 1.29 is 14.3 Å². The minimum absolute atomic E-state index is 0.0581. The van der Waals surface area contributed by atoms with Crippen molar-refractivity contribution in [3.63, 3.8) is 0 Å². The van der Waals surface area contributed by atoms with Crippen LogP contribution in [0.25, 0.3) is 0 Å². The number of rotatable bonds is 5. The first kappa shape index (κ1) is 15.1. The molecule has 0 aliphatic heterocycles. The third-order valence-electron chi connectivity index (χ3n) is 2.68. The Bertz CT molecular complexity index is 613. The fourth-order valence-electron chi connectivity index (χ4n) is 1.72. The van der Waals surface area contributed by atoms with E-state index < -0.39 is 0 Å². The largest absolute Gasteiger partial charge is 0.490 e. The lowest BCUT2D eigenvalue weighted by molar-refractivity contribution is -0.116. The van der Waals surface area contributed by atoms with Gasteiger partial charge in [0, 0.05) is 0 Å². The van der Waals surface area contributed by atoms with E-state index in [2.05, 4.69) is 21.9 Å². The number of hydrogen-bond donors (Lipinski definition) is 1. The molecule has 6 nitrogen and oxygen atoms in total. The van der Waals surface area contributed by atoms with Crippen LogP contribution in [0.5, 0.6) is 11.6 Å². The Hall–Kier alpha value is -2.34. The maximum Gasteiger partial charge on any atom is 0.266 e. The first-order valence-electron chi connectivity index (χ1n) is 6.18. The molecule has 7 heteroatoms. The van der Waals surface area contributed by atoms with Crippen molar-refractivity contribution in [1.82, 2.24) is 15.3 Å². The molecule has 1 atom stereocenters. The summed E-state index contributed by atoms with van der Waals surface area (Å²) in [5.41, 5.74) is 0. The number of nitrogens with zero attached hydrogens (tertiary/aromatic N) is 2. The monoisotopic (exact) mass is 307 g/mol. The van der Waals surface area contributed by atoms with Crippen LogP contribution in [0.4, 0.5) is 0 Å². The lowest BCUT2D eigenvalue weighted by atomic mass is 10.1. The molecule has 0 spiro atoms. The van der Waals surface area contributed by atoms with Crippen molar-refractivity contribution in [2.24, 2.45) is 0 Å². The summed E-state index contributed by atoms with van der Waals surface area (Å²) in [7, 11) is 1.48. The van der Waals surface area contributed by atoms with Crippen LogP contribution in [0, 0.1) is 0 Å². The van der Waals surface area contributed by atoms with Crippen molar-refractivity contribution in [3.05, 3.63) is 48.1 Å². The van der Waals surface area contributed by atoms with Gasteiger partial charge in [0.1, 0.15) is 5.76 Å². The lowest BCUT2D eigenvalue weighted by Crippen LogP contribution is -2.33. The number of ether oxygens (including phenoxy) is 2. The summed E-state index contributed by atoms with van der Waals surface area (Å²) in [4.78, 5) is 19.1. The molecule has 1 unspecified atom stereocenters. The van der Waals surface area contributed by atoms with Gasteiger partial charge in [0.25, 0.3) is 5.88 Å². The smallest absolute Gasteiger partial charge is 0.266 e. The van der Waals surface area contributed by atoms with E-state index in [4.69, 9.17) is 21.1 Å². The van der Waals surface area contributed by atoms with E-state index in [-0.39, 0.29) is 23.1 Å². The molecule has 1 heterocycles. The van der Waals surface area contributed by atoms with Gasteiger partial charge in [0.05, 0.1) is 19.3 Å². The van der Waals surface area contributed by atoms with Crippen LogP contribution in [-0.2, 0) is 4.79 Å². The van der Waals surface area contributed by atoms with Gasteiger partial charge >= 0.3 is 0 Å². The minimum Gasteiger partial charge on any atom is -0.490 e. The first-order chi connectivity index (χ1) is 10.1. The van der Waals surface area contributed by atoms with E-state index >= 15 is 0 Å². The molecule has 2 rings (SSSR count). The Morgan fingerprint density at radius 3 is 3.14 bits per heavy atom. The number of aromatic nitrogens is 2. The highest BCUT2D eigenvalue weighted by molar-refractivity contribution is 6.28. The van der Waals surface area contributed by atoms with E-state index in [1.807, 2.05) is 6.08 Å². The first-order valence-corrected chi connectivity index (χ1v) is 6.56.